The second kappa shape index (κ2) is 5.27. The van der Waals surface area contributed by atoms with Gasteiger partial charge < -0.3 is 5.73 Å². The lowest BCUT2D eigenvalue weighted by molar-refractivity contribution is 0.622. The molecule has 0 saturated carbocycles. The van der Waals surface area contributed by atoms with Gasteiger partial charge in [-0.05, 0) is 18.9 Å². The number of aryl methyl sites for hydroxylation is 1. The molecular formula is C13H16N4S. The van der Waals surface area contributed by atoms with Gasteiger partial charge in [-0.3, -0.25) is 0 Å². The highest BCUT2D eigenvalue weighted by molar-refractivity contribution is 7.80. The molecule has 18 heavy (non-hydrogen) atoms. The maximum absolute atomic E-state index is 5.64. The summed E-state index contributed by atoms with van der Waals surface area (Å²) in [6.07, 6.45) is 0.811. The predicted octanol–water partition coefficient (Wildman–Crippen LogP) is 1.83. The van der Waals surface area contributed by atoms with Crippen LogP contribution in [-0.4, -0.2) is 20.0 Å². The third kappa shape index (κ3) is 2.56. The molecule has 0 amide bonds. The molecule has 2 aromatic rings. The Morgan fingerprint density at radius 1 is 1.44 bits per heavy atom. The van der Waals surface area contributed by atoms with Crippen LogP contribution >= 0.6 is 12.2 Å². The smallest absolute Gasteiger partial charge is 0.143 e. The maximum Gasteiger partial charge on any atom is 0.143 e. The highest BCUT2D eigenvalue weighted by Gasteiger charge is 2.13. The van der Waals surface area contributed by atoms with Crippen LogP contribution in [0, 0.1) is 6.92 Å². The van der Waals surface area contributed by atoms with Crippen LogP contribution in [-0.2, 0) is 13.0 Å². The zero-order valence-electron chi connectivity index (χ0n) is 10.6. The lowest BCUT2D eigenvalue weighted by Crippen LogP contribution is -2.14. The molecule has 0 radical (unpaired) electrons. The molecule has 94 valence electrons. The monoisotopic (exact) mass is 260 g/mol. The van der Waals surface area contributed by atoms with Crippen LogP contribution in [0.15, 0.2) is 24.3 Å². The number of nitrogens with two attached hydrogens (primary N) is 1. The summed E-state index contributed by atoms with van der Waals surface area (Å²) in [5, 5.41) is 8.18. The van der Waals surface area contributed by atoms with Gasteiger partial charge in [-0.2, -0.15) is 0 Å². The minimum atomic E-state index is 0.308. The molecule has 0 aliphatic carbocycles. The highest BCUT2D eigenvalue weighted by Crippen LogP contribution is 2.11. The van der Waals surface area contributed by atoms with Gasteiger partial charge in [0, 0.05) is 0 Å². The third-order valence-corrected chi connectivity index (χ3v) is 3.01. The van der Waals surface area contributed by atoms with Crippen LogP contribution in [0.1, 0.15) is 29.4 Å². The molecule has 0 atom stereocenters. The Morgan fingerprint density at radius 2 is 2.22 bits per heavy atom. The number of hydrogen-bond donors (Lipinski definition) is 1. The summed E-state index contributed by atoms with van der Waals surface area (Å²) in [6, 6.07) is 8.34. The Balaban J connectivity index is 2.32. The van der Waals surface area contributed by atoms with E-state index in [0.29, 0.717) is 17.2 Å². The maximum atomic E-state index is 5.64. The van der Waals surface area contributed by atoms with Gasteiger partial charge in [-0.15, -0.1) is 5.10 Å². The fraction of sp³-hybridized carbons (Fsp3) is 0.308. The molecule has 1 aromatic carbocycles. The molecule has 0 aliphatic heterocycles. The van der Waals surface area contributed by atoms with E-state index >= 15 is 0 Å². The van der Waals surface area contributed by atoms with E-state index in [4.69, 9.17) is 18.0 Å². The Bertz CT molecular complexity index is 574. The SMILES string of the molecule is CCc1c(C(N)=S)nnn1Cc1cccc(C)c1. The molecule has 0 unspecified atom stereocenters. The second-order valence-electron chi connectivity index (χ2n) is 4.25. The summed E-state index contributed by atoms with van der Waals surface area (Å²) in [4.78, 5) is 0.308. The summed E-state index contributed by atoms with van der Waals surface area (Å²) in [7, 11) is 0. The van der Waals surface area contributed by atoms with Crippen molar-refractivity contribution in [3.8, 4) is 0 Å². The summed E-state index contributed by atoms with van der Waals surface area (Å²) >= 11 is 4.98. The Morgan fingerprint density at radius 3 is 2.83 bits per heavy atom. The van der Waals surface area contributed by atoms with E-state index in [1.54, 1.807) is 0 Å². The van der Waals surface area contributed by atoms with Crippen molar-refractivity contribution in [2.75, 3.05) is 0 Å². The molecule has 2 rings (SSSR count). The highest BCUT2D eigenvalue weighted by atomic mass is 32.1. The van der Waals surface area contributed by atoms with Gasteiger partial charge in [0.05, 0.1) is 12.2 Å². The molecule has 0 fully saturated rings. The number of nitrogens with zero attached hydrogens (tertiary/aromatic N) is 3. The summed E-state index contributed by atoms with van der Waals surface area (Å²) in [6.45, 7) is 4.82. The van der Waals surface area contributed by atoms with E-state index in [2.05, 4.69) is 35.4 Å². The first-order valence-electron chi connectivity index (χ1n) is 5.89. The second-order valence-corrected chi connectivity index (χ2v) is 4.69. The minimum absolute atomic E-state index is 0.308. The van der Waals surface area contributed by atoms with Crippen LogP contribution in [0.4, 0.5) is 0 Å². The fourth-order valence-electron chi connectivity index (χ4n) is 1.98. The zero-order chi connectivity index (χ0) is 13.1. The predicted molar refractivity (Wildman–Crippen MR) is 75.6 cm³/mol. The van der Waals surface area contributed by atoms with Gasteiger partial charge in [0.15, 0.2) is 0 Å². The standard InChI is InChI=1S/C13H16N4S/c1-3-11-12(13(14)18)15-16-17(11)8-10-6-4-5-9(2)7-10/h4-7H,3,8H2,1-2H3,(H2,14,18). The van der Waals surface area contributed by atoms with Crippen LogP contribution < -0.4 is 5.73 Å². The molecule has 2 N–H and O–H groups in total. The molecule has 0 saturated heterocycles. The van der Waals surface area contributed by atoms with Gasteiger partial charge in [0.25, 0.3) is 0 Å². The van der Waals surface area contributed by atoms with E-state index in [1.807, 2.05) is 17.7 Å². The van der Waals surface area contributed by atoms with Gasteiger partial charge >= 0.3 is 0 Å². The van der Waals surface area contributed by atoms with Crippen molar-refractivity contribution in [2.24, 2.45) is 5.73 Å². The van der Waals surface area contributed by atoms with Gasteiger partial charge in [0.1, 0.15) is 10.7 Å². The average Bonchev–Trinajstić information content (AvgIpc) is 2.72. The first-order chi connectivity index (χ1) is 8.61. The number of aromatic nitrogens is 3. The van der Waals surface area contributed by atoms with Crippen molar-refractivity contribution in [1.29, 1.82) is 0 Å². The average molecular weight is 260 g/mol. The van der Waals surface area contributed by atoms with Crippen molar-refractivity contribution in [1.82, 2.24) is 15.0 Å². The van der Waals surface area contributed by atoms with E-state index in [0.717, 1.165) is 12.1 Å². The van der Waals surface area contributed by atoms with Crippen molar-refractivity contribution in [3.63, 3.8) is 0 Å². The van der Waals surface area contributed by atoms with Crippen LogP contribution in [0.5, 0.6) is 0 Å². The van der Waals surface area contributed by atoms with Crippen LogP contribution in [0.3, 0.4) is 0 Å². The Kier molecular flexibility index (Phi) is 3.72. The van der Waals surface area contributed by atoms with Crippen molar-refractivity contribution in [3.05, 3.63) is 46.8 Å². The first-order valence-corrected chi connectivity index (χ1v) is 6.30. The Hall–Kier alpha value is -1.75. The van der Waals surface area contributed by atoms with Gasteiger partial charge in [0.2, 0.25) is 0 Å². The molecule has 0 spiro atoms. The van der Waals surface area contributed by atoms with Gasteiger partial charge in [-0.25, -0.2) is 4.68 Å². The number of rotatable bonds is 4. The topological polar surface area (TPSA) is 56.7 Å². The molecule has 1 heterocycles. The van der Waals surface area contributed by atoms with E-state index in [1.165, 1.54) is 11.1 Å². The molecule has 4 nitrogen and oxygen atoms in total. The fourth-order valence-corrected chi connectivity index (χ4v) is 2.14. The lowest BCUT2D eigenvalue weighted by Gasteiger charge is -2.06. The van der Waals surface area contributed by atoms with Crippen molar-refractivity contribution >= 4 is 17.2 Å². The number of thiocarbonyl (C=S) groups is 1. The number of hydrogen-bond acceptors (Lipinski definition) is 3. The first kappa shape index (κ1) is 12.7. The van der Waals surface area contributed by atoms with Crippen LogP contribution in [0.2, 0.25) is 0 Å². The quantitative estimate of drug-likeness (QED) is 0.852. The van der Waals surface area contributed by atoms with E-state index < -0.39 is 0 Å². The normalized spacial score (nSPS) is 10.6. The zero-order valence-corrected chi connectivity index (χ0v) is 11.4. The molecule has 0 aliphatic rings. The third-order valence-electron chi connectivity index (χ3n) is 2.82. The van der Waals surface area contributed by atoms with Crippen LogP contribution in [0.25, 0.3) is 0 Å². The molecule has 0 bridgehead atoms. The van der Waals surface area contributed by atoms with Gasteiger partial charge in [-0.1, -0.05) is 54.2 Å². The summed E-state index contributed by atoms with van der Waals surface area (Å²) in [5.41, 5.74) is 9.70. The minimum Gasteiger partial charge on any atom is -0.388 e. The summed E-state index contributed by atoms with van der Waals surface area (Å²) in [5.74, 6) is 0. The van der Waals surface area contributed by atoms with E-state index in [9.17, 15) is 0 Å². The van der Waals surface area contributed by atoms with E-state index in [-0.39, 0.29) is 0 Å². The summed E-state index contributed by atoms with van der Waals surface area (Å²) < 4.78 is 1.86. The molecular weight excluding hydrogens is 244 g/mol. The largest absolute Gasteiger partial charge is 0.388 e. The van der Waals surface area contributed by atoms with Crippen molar-refractivity contribution in [2.45, 2.75) is 26.8 Å². The Labute approximate surface area is 112 Å². The number of benzene rings is 1. The molecule has 5 heteroatoms. The molecule has 1 aromatic heterocycles. The van der Waals surface area contributed by atoms with Crippen molar-refractivity contribution < 1.29 is 0 Å². The lowest BCUT2D eigenvalue weighted by atomic mass is 10.1.